The molecule has 1 atom stereocenters. The van der Waals surface area contributed by atoms with Crippen LogP contribution < -0.4 is 0 Å². The van der Waals surface area contributed by atoms with Crippen LogP contribution in [0, 0.1) is 6.92 Å². The zero-order valence-electron chi connectivity index (χ0n) is 11.5. The Labute approximate surface area is 132 Å². The van der Waals surface area contributed by atoms with Crippen molar-refractivity contribution in [1.82, 2.24) is 4.31 Å². The lowest BCUT2D eigenvalue weighted by atomic mass is 10.1. The maximum Gasteiger partial charge on any atom is 0.244 e. The molecule has 0 saturated heterocycles. The van der Waals surface area contributed by atoms with E-state index in [1.54, 1.807) is 13.1 Å². The highest BCUT2D eigenvalue weighted by Crippen LogP contribution is 2.33. The number of benzene rings is 1. The molecule has 0 aliphatic heterocycles. The van der Waals surface area contributed by atoms with Crippen molar-refractivity contribution in [3.63, 3.8) is 0 Å². The zero-order valence-corrected chi connectivity index (χ0v) is 14.7. The molecule has 0 aliphatic rings. The Morgan fingerprint density at radius 3 is 2.35 bits per heavy atom. The van der Waals surface area contributed by atoms with Gasteiger partial charge in [0.15, 0.2) is 0 Å². The average Bonchev–Trinajstić information content (AvgIpc) is 2.77. The fourth-order valence-electron chi connectivity index (χ4n) is 1.99. The van der Waals surface area contributed by atoms with Crippen LogP contribution in [0.2, 0.25) is 0 Å². The lowest BCUT2D eigenvalue weighted by molar-refractivity contribution is 0.398. The van der Waals surface area contributed by atoms with E-state index in [0.717, 1.165) is 14.2 Å². The van der Waals surface area contributed by atoms with E-state index < -0.39 is 10.0 Å². The van der Waals surface area contributed by atoms with Gasteiger partial charge in [-0.1, -0.05) is 30.3 Å². The van der Waals surface area contributed by atoms with Crippen LogP contribution in [0.5, 0.6) is 0 Å². The minimum Gasteiger partial charge on any atom is -0.207 e. The molecule has 1 unspecified atom stereocenters. The quantitative estimate of drug-likeness (QED) is 0.804. The summed E-state index contributed by atoms with van der Waals surface area (Å²) in [5.74, 6) is 0. The van der Waals surface area contributed by atoms with E-state index >= 15 is 0 Å². The second kappa shape index (κ2) is 5.97. The first kappa shape index (κ1) is 15.7. The molecule has 6 heteroatoms. The van der Waals surface area contributed by atoms with Crippen molar-refractivity contribution >= 4 is 37.3 Å². The molecule has 0 aliphatic carbocycles. The highest BCUT2D eigenvalue weighted by Gasteiger charge is 2.28. The fourth-order valence-corrected chi connectivity index (χ4v) is 5.72. The predicted octanol–water partition coefficient (Wildman–Crippen LogP) is 4.20. The zero-order chi connectivity index (χ0) is 14.9. The number of nitrogens with zero attached hydrogens (tertiary/aromatic N) is 1. The van der Waals surface area contributed by atoms with E-state index in [0.29, 0.717) is 4.90 Å². The van der Waals surface area contributed by atoms with Crippen LogP contribution in [0.3, 0.4) is 0 Å². The number of hydrogen-bond acceptors (Lipinski definition) is 3. The van der Waals surface area contributed by atoms with Crippen molar-refractivity contribution in [3.05, 3.63) is 50.6 Å². The monoisotopic (exact) mass is 373 g/mol. The molecule has 1 heterocycles. The summed E-state index contributed by atoms with van der Waals surface area (Å²) < 4.78 is 27.6. The van der Waals surface area contributed by atoms with Crippen molar-refractivity contribution < 1.29 is 8.42 Å². The third-order valence-electron chi connectivity index (χ3n) is 3.33. The third-order valence-corrected chi connectivity index (χ3v) is 7.06. The fraction of sp³-hybridized carbons (Fsp3) is 0.286. The van der Waals surface area contributed by atoms with Gasteiger partial charge in [0, 0.05) is 18.0 Å². The van der Waals surface area contributed by atoms with Gasteiger partial charge in [-0.25, -0.2) is 8.42 Å². The normalized spacial score (nSPS) is 13.7. The van der Waals surface area contributed by atoms with Gasteiger partial charge < -0.3 is 0 Å². The molecule has 2 rings (SSSR count). The summed E-state index contributed by atoms with van der Waals surface area (Å²) in [6.45, 7) is 3.72. The Kier molecular flexibility index (Phi) is 4.69. The number of sulfonamides is 1. The van der Waals surface area contributed by atoms with E-state index in [4.69, 9.17) is 0 Å². The molecule has 2 aromatic rings. The second-order valence-electron chi connectivity index (χ2n) is 4.58. The maximum absolute atomic E-state index is 12.7. The van der Waals surface area contributed by atoms with Crippen molar-refractivity contribution in [2.75, 3.05) is 7.05 Å². The molecular formula is C14H16BrNO2S2. The van der Waals surface area contributed by atoms with Gasteiger partial charge in [0.1, 0.15) is 0 Å². The Morgan fingerprint density at radius 1 is 1.25 bits per heavy atom. The molecular weight excluding hydrogens is 358 g/mol. The molecule has 1 aromatic heterocycles. The minimum atomic E-state index is -3.48. The largest absolute Gasteiger partial charge is 0.244 e. The molecule has 0 bridgehead atoms. The van der Waals surface area contributed by atoms with E-state index in [2.05, 4.69) is 15.9 Å². The summed E-state index contributed by atoms with van der Waals surface area (Å²) in [6, 6.07) is 11.1. The van der Waals surface area contributed by atoms with Crippen LogP contribution in [0.4, 0.5) is 0 Å². The summed E-state index contributed by atoms with van der Waals surface area (Å²) in [6.07, 6.45) is 0. The Hall–Kier alpha value is -0.690. The van der Waals surface area contributed by atoms with Crippen molar-refractivity contribution in [2.24, 2.45) is 0 Å². The van der Waals surface area contributed by atoms with Gasteiger partial charge >= 0.3 is 0 Å². The van der Waals surface area contributed by atoms with Crippen molar-refractivity contribution in [1.29, 1.82) is 0 Å². The molecule has 1 aromatic carbocycles. The molecule has 3 nitrogen and oxygen atoms in total. The summed E-state index contributed by atoms with van der Waals surface area (Å²) in [4.78, 5) is 1.17. The maximum atomic E-state index is 12.7. The lowest BCUT2D eigenvalue weighted by Gasteiger charge is -2.24. The number of thiophene rings is 1. The topological polar surface area (TPSA) is 37.4 Å². The highest BCUT2D eigenvalue weighted by molar-refractivity contribution is 9.11. The molecule has 0 spiro atoms. The number of rotatable bonds is 4. The summed E-state index contributed by atoms with van der Waals surface area (Å²) in [5.41, 5.74) is 0.977. The third kappa shape index (κ3) is 2.98. The summed E-state index contributed by atoms with van der Waals surface area (Å²) >= 11 is 4.77. The standard InChI is InChI=1S/C14H16BrNO2S2/c1-10(12-7-5-4-6-8-12)16(3)20(17,18)13-9-14(15)19-11(13)2/h4-10H,1-3H3. The average molecular weight is 374 g/mol. The van der Waals surface area contributed by atoms with Gasteiger partial charge in [-0.2, -0.15) is 4.31 Å². The van der Waals surface area contributed by atoms with E-state index in [9.17, 15) is 8.42 Å². The molecule has 20 heavy (non-hydrogen) atoms. The molecule has 0 fully saturated rings. The SMILES string of the molecule is Cc1sc(Br)cc1S(=O)(=O)N(C)C(C)c1ccccc1. The molecule has 108 valence electrons. The van der Waals surface area contributed by atoms with Gasteiger partial charge in [0.25, 0.3) is 0 Å². The van der Waals surface area contributed by atoms with Crippen LogP contribution >= 0.6 is 27.3 Å². The van der Waals surface area contributed by atoms with Crippen molar-refractivity contribution in [3.8, 4) is 0 Å². The van der Waals surface area contributed by atoms with Gasteiger partial charge in [0.05, 0.1) is 8.68 Å². The van der Waals surface area contributed by atoms with Crippen LogP contribution in [0.15, 0.2) is 45.1 Å². The van der Waals surface area contributed by atoms with Crippen LogP contribution in [-0.2, 0) is 10.0 Å². The first-order chi connectivity index (χ1) is 9.34. The highest BCUT2D eigenvalue weighted by atomic mass is 79.9. The summed E-state index contributed by atoms with van der Waals surface area (Å²) in [7, 11) is -1.86. The first-order valence-corrected chi connectivity index (χ1v) is 9.18. The van der Waals surface area contributed by atoms with E-state index in [1.165, 1.54) is 15.6 Å². The van der Waals surface area contributed by atoms with Crippen LogP contribution in [0.25, 0.3) is 0 Å². The van der Waals surface area contributed by atoms with Gasteiger partial charge in [-0.15, -0.1) is 11.3 Å². The van der Waals surface area contributed by atoms with Crippen LogP contribution in [0.1, 0.15) is 23.4 Å². The van der Waals surface area contributed by atoms with Gasteiger partial charge in [-0.05, 0) is 41.4 Å². The van der Waals surface area contributed by atoms with Crippen LogP contribution in [-0.4, -0.2) is 19.8 Å². The Bertz CT molecular complexity index is 695. The predicted molar refractivity (Wildman–Crippen MR) is 86.6 cm³/mol. The first-order valence-electron chi connectivity index (χ1n) is 6.13. The molecule has 0 saturated carbocycles. The van der Waals surface area contributed by atoms with E-state index in [-0.39, 0.29) is 6.04 Å². The van der Waals surface area contributed by atoms with Gasteiger partial charge in [0.2, 0.25) is 10.0 Å². The lowest BCUT2D eigenvalue weighted by Crippen LogP contribution is -2.29. The number of halogens is 1. The molecule has 0 N–H and O–H groups in total. The van der Waals surface area contributed by atoms with Gasteiger partial charge in [-0.3, -0.25) is 0 Å². The van der Waals surface area contributed by atoms with E-state index in [1.807, 2.05) is 44.2 Å². The smallest absolute Gasteiger partial charge is 0.207 e. The number of aryl methyl sites for hydroxylation is 1. The minimum absolute atomic E-state index is 0.209. The van der Waals surface area contributed by atoms with Crippen molar-refractivity contribution in [2.45, 2.75) is 24.8 Å². The summed E-state index contributed by atoms with van der Waals surface area (Å²) in [5, 5.41) is 0. The molecule has 0 radical (unpaired) electrons. The Balaban J connectivity index is 2.37. The molecule has 0 amide bonds. The Morgan fingerprint density at radius 2 is 1.85 bits per heavy atom. The number of hydrogen-bond donors (Lipinski definition) is 0. The second-order valence-corrected chi connectivity index (χ2v) is 9.18.